The third-order valence-electron chi connectivity index (χ3n) is 6.27. The second-order valence-corrected chi connectivity index (χ2v) is 7.84. The Morgan fingerprint density at radius 3 is 2.58 bits per heavy atom. The Bertz CT molecular complexity index is 462. The summed E-state index contributed by atoms with van der Waals surface area (Å²) in [7, 11) is 0. The van der Waals surface area contributed by atoms with E-state index in [2.05, 4.69) is 11.8 Å². The lowest BCUT2D eigenvalue weighted by molar-refractivity contribution is -0.141. The highest BCUT2D eigenvalue weighted by Gasteiger charge is 2.46. The maximum absolute atomic E-state index is 12.6. The molecule has 0 radical (unpaired) electrons. The number of nitrogens with zero attached hydrogens (tertiary/aromatic N) is 3. The highest BCUT2D eigenvalue weighted by Crippen LogP contribution is 2.39. The molecule has 0 saturated carbocycles. The van der Waals surface area contributed by atoms with Crippen molar-refractivity contribution >= 4 is 11.8 Å². The number of amides is 2. The minimum absolute atomic E-state index is 0.0482. The monoisotopic (exact) mass is 335 g/mol. The number of carbonyl (C=O) groups is 2. The number of unbranched alkanes of at least 4 members (excludes halogenated alkanes) is 1. The summed E-state index contributed by atoms with van der Waals surface area (Å²) in [5, 5.41) is 0. The van der Waals surface area contributed by atoms with Crippen LogP contribution in [0.2, 0.25) is 0 Å². The highest BCUT2D eigenvalue weighted by atomic mass is 16.2. The third kappa shape index (κ3) is 3.76. The van der Waals surface area contributed by atoms with E-state index in [0.29, 0.717) is 13.0 Å². The molecule has 3 aliphatic rings. The summed E-state index contributed by atoms with van der Waals surface area (Å²) in [5.74, 6) is 0.360. The van der Waals surface area contributed by atoms with Crippen molar-refractivity contribution in [3.63, 3.8) is 0 Å². The van der Waals surface area contributed by atoms with Crippen LogP contribution in [0.1, 0.15) is 64.7 Å². The van der Waals surface area contributed by atoms with Crippen molar-refractivity contribution in [2.75, 3.05) is 39.3 Å². The Hall–Kier alpha value is -1.10. The van der Waals surface area contributed by atoms with E-state index in [1.165, 1.54) is 19.4 Å². The van der Waals surface area contributed by atoms with Gasteiger partial charge in [0.25, 0.3) is 0 Å². The molecule has 0 N–H and O–H groups in total. The van der Waals surface area contributed by atoms with Crippen molar-refractivity contribution in [1.29, 1.82) is 0 Å². The van der Waals surface area contributed by atoms with Crippen molar-refractivity contribution in [2.24, 2.45) is 0 Å². The van der Waals surface area contributed by atoms with Crippen LogP contribution in [0.5, 0.6) is 0 Å². The van der Waals surface area contributed by atoms with Crippen molar-refractivity contribution in [2.45, 2.75) is 70.3 Å². The summed E-state index contributed by atoms with van der Waals surface area (Å²) in [6.45, 7) is 7.69. The van der Waals surface area contributed by atoms with E-state index in [1.54, 1.807) is 0 Å². The molecule has 0 bridgehead atoms. The number of likely N-dealkylation sites (tertiary alicyclic amines) is 3. The molecule has 5 nitrogen and oxygen atoms in total. The Kier molecular flexibility index (Phi) is 5.80. The SMILES string of the molecule is CCCCN1CCC[C@@]2(CCC(=O)N2CC(=O)N2CCCC2)CC1. The molecule has 5 heteroatoms. The van der Waals surface area contributed by atoms with Crippen molar-refractivity contribution < 1.29 is 9.59 Å². The van der Waals surface area contributed by atoms with Gasteiger partial charge in [0.2, 0.25) is 11.8 Å². The molecule has 2 amide bonds. The fourth-order valence-electron chi connectivity index (χ4n) is 4.69. The van der Waals surface area contributed by atoms with Crippen molar-refractivity contribution in [3.05, 3.63) is 0 Å². The second-order valence-electron chi connectivity index (χ2n) is 7.84. The first-order valence-corrected chi connectivity index (χ1v) is 9.95. The lowest BCUT2D eigenvalue weighted by Gasteiger charge is -2.38. The molecular weight excluding hydrogens is 302 g/mol. The van der Waals surface area contributed by atoms with Crippen molar-refractivity contribution in [3.8, 4) is 0 Å². The number of carbonyl (C=O) groups excluding carboxylic acids is 2. The van der Waals surface area contributed by atoms with Crippen LogP contribution in [-0.4, -0.2) is 71.3 Å². The third-order valence-corrected chi connectivity index (χ3v) is 6.27. The van der Waals surface area contributed by atoms with Crippen LogP contribution in [0, 0.1) is 0 Å². The average molecular weight is 335 g/mol. The van der Waals surface area contributed by atoms with Gasteiger partial charge in [0.15, 0.2) is 0 Å². The highest BCUT2D eigenvalue weighted by molar-refractivity contribution is 5.87. The van der Waals surface area contributed by atoms with Gasteiger partial charge in [-0.3, -0.25) is 9.59 Å². The molecule has 3 fully saturated rings. The van der Waals surface area contributed by atoms with Gasteiger partial charge in [-0.1, -0.05) is 13.3 Å². The maximum Gasteiger partial charge on any atom is 0.242 e. The van der Waals surface area contributed by atoms with E-state index in [9.17, 15) is 9.59 Å². The maximum atomic E-state index is 12.6. The number of rotatable bonds is 5. The van der Waals surface area contributed by atoms with Crippen LogP contribution in [0.4, 0.5) is 0 Å². The van der Waals surface area contributed by atoms with Crippen LogP contribution in [-0.2, 0) is 9.59 Å². The summed E-state index contributed by atoms with van der Waals surface area (Å²) < 4.78 is 0. The number of hydrogen-bond donors (Lipinski definition) is 0. The van der Waals surface area contributed by atoms with Crippen LogP contribution in [0.25, 0.3) is 0 Å². The lowest BCUT2D eigenvalue weighted by Crippen LogP contribution is -2.51. The molecule has 136 valence electrons. The first-order valence-electron chi connectivity index (χ1n) is 9.95. The topological polar surface area (TPSA) is 43.9 Å². The smallest absolute Gasteiger partial charge is 0.242 e. The first-order chi connectivity index (χ1) is 11.6. The van der Waals surface area contributed by atoms with Gasteiger partial charge in [-0.05, 0) is 58.0 Å². The van der Waals surface area contributed by atoms with Crippen LogP contribution in [0.3, 0.4) is 0 Å². The lowest BCUT2D eigenvalue weighted by atomic mass is 9.87. The van der Waals surface area contributed by atoms with Crippen LogP contribution < -0.4 is 0 Å². The van der Waals surface area contributed by atoms with Gasteiger partial charge in [0, 0.05) is 31.6 Å². The van der Waals surface area contributed by atoms with E-state index >= 15 is 0 Å². The molecule has 0 aromatic carbocycles. The van der Waals surface area contributed by atoms with E-state index in [-0.39, 0.29) is 17.4 Å². The molecule has 0 aromatic heterocycles. The molecule has 3 heterocycles. The molecule has 24 heavy (non-hydrogen) atoms. The Labute approximate surface area is 146 Å². The van der Waals surface area contributed by atoms with Gasteiger partial charge in [-0.15, -0.1) is 0 Å². The van der Waals surface area contributed by atoms with Crippen LogP contribution in [0.15, 0.2) is 0 Å². The molecular formula is C19H33N3O2. The van der Waals surface area contributed by atoms with Gasteiger partial charge in [0.1, 0.15) is 6.54 Å². The molecule has 0 aromatic rings. The van der Waals surface area contributed by atoms with Crippen molar-refractivity contribution in [1.82, 2.24) is 14.7 Å². The summed E-state index contributed by atoms with van der Waals surface area (Å²) in [6, 6.07) is 0. The van der Waals surface area contributed by atoms with Gasteiger partial charge in [-0.25, -0.2) is 0 Å². The van der Waals surface area contributed by atoms with E-state index in [0.717, 1.165) is 64.7 Å². The zero-order chi connectivity index (χ0) is 17.0. The molecule has 0 unspecified atom stereocenters. The quantitative estimate of drug-likeness (QED) is 0.774. The Balaban J connectivity index is 1.64. The zero-order valence-corrected chi connectivity index (χ0v) is 15.3. The summed E-state index contributed by atoms with van der Waals surface area (Å²) in [6.07, 6.45) is 9.52. The van der Waals surface area contributed by atoms with E-state index in [1.807, 2.05) is 9.80 Å². The summed E-state index contributed by atoms with van der Waals surface area (Å²) >= 11 is 0. The molecule has 1 spiro atoms. The standard InChI is InChI=1S/C19H33N3O2/c1-2-3-11-20-12-6-8-19(10-15-20)9-7-17(23)22(19)16-18(24)21-13-4-5-14-21/h2-16H2,1H3/t19-/m1/s1. The molecule has 0 aliphatic carbocycles. The fraction of sp³-hybridized carbons (Fsp3) is 0.895. The second kappa shape index (κ2) is 7.85. The van der Waals surface area contributed by atoms with Gasteiger partial charge in [0.05, 0.1) is 0 Å². The first kappa shape index (κ1) is 17.7. The van der Waals surface area contributed by atoms with Gasteiger partial charge in [-0.2, -0.15) is 0 Å². The average Bonchev–Trinajstić information content (AvgIpc) is 3.15. The molecule has 3 rings (SSSR count). The largest absolute Gasteiger partial charge is 0.341 e. The normalized spacial score (nSPS) is 28.8. The molecule has 3 aliphatic heterocycles. The minimum atomic E-state index is -0.0482. The van der Waals surface area contributed by atoms with E-state index in [4.69, 9.17) is 0 Å². The molecule has 1 atom stereocenters. The minimum Gasteiger partial charge on any atom is -0.341 e. The van der Waals surface area contributed by atoms with Gasteiger partial charge < -0.3 is 14.7 Å². The summed E-state index contributed by atoms with van der Waals surface area (Å²) in [4.78, 5) is 31.6. The Morgan fingerprint density at radius 2 is 1.83 bits per heavy atom. The van der Waals surface area contributed by atoms with Crippen LogP contribution >= 0.6 is 0 Å². The molecule has 3 saturated heterocycles. The van der Waals surface area contributed by atoms with E-state index < -0.39 is 0 Å². The predicted molar refractivity (Wildman–Crippen MR) is 94.7 cm³/mol. The fourth-order valence-corrected chi connectivity index (χ4v) is 4.69. The summed E-state index contributed by atoms with van der Waals surface area (Å²) in [5.41, 5.74) is -0.0482. The Morgan fingerprint density at radius 1 is 1.04 bits per heavy atom. The predicted octanol–water partition coefficient (Wildman–Crippen LogP) is 2.26. The zero-order valence-electron chi connectivity index (χ0n) is 15.3. The van der Waals surface area contributed by atoms with Gasteiger partial charge >= 0.3 is 0 Å². The number of hydrogen-bond acceptors (Lipinski definition) is 3.